The van der Waals surface area contributed by atoms with E-state index in [0.717, 1.165) is 30.8 Å². The fourth-order valence-corrected chi connectivity index (χ4v) is 3.65. The van der Waals surface area contributed by atoms with Crippen molar-refractivity contribution in [3.63, 3.8) is 0 Å². The summed E-state index contributed by atoms with van der Waals surface area (Å²) in [5, 5.41) is 7.42. The maximum Gasteiger partial charge on any atom is 0.222 e. The van der Waals surface area contributed by atoms with Gasteiger partial charge in [0.25, 0.3) is 0 Å². The van der Waals surface area contributed by atoms with Gasteiger partial charge in [-0.15, -0.1) is 0 Å². The van der Waals surface area contributed by atoms with Crippen molar-refractivity contribution in [3.8, 4) is 0 Å². The molecule has 6 heteroatoms. The van der Waals surface area contributed by atoms with Crippen LogP contribution in [0.4, 0.5) is 0 Å². The van der Waals surface area contributed by atoms with Crippen molar-refractivity contribution in [3.05, 3.63) is 53.4 Å². The van der Waals surface area contributed by atoms with Gasteiger partial charge in [0.15, 0.2) is 5.78 Å². The molecule has 1 aliphatic heterocycles. The third-order valence-corrected chi connectivity index (χ3v) is 5.27. The molecule has 0 spiro atoms. The average molecular weight is 369 g/mol. The number of carbonyl (C=O) groups excluding carboxylic acids is 2. The number of hydrogen-bond acceptors (Lipinski definition) is 5. The van der Waals surface area contributed by atoms with Gasteiger partial charge >= 0.3 is 0 Å². The predicted molar refractivity (Wildman–Crippen MR) is 102 cm³/mol. The van der Waals surface area contributed by atoms with E-state index in [1.54, 1.807) is 11.0 Å². The van der Waals surface area contributed by atoms with E-state index in [4.69, 9.17) is 4.52 Å². The van der Waals surface area contributed by atoms with E-state index in [1.165, 1.54) is 6.92 Å². The van der Waals surface area contributed by atoms with E-state index in [1.807, 2.05) is 37.4 Å². The van der Waals surface area contributed by atoms with Gasteiger partial charge in [-0.2, -0.15) is 0 Å². The lowest BCUT2D eigenvalue weighted by atomic mass is 9.81. The number of carbonyl (C=O) groups is 2. The number of aromatic nitrogens is 1. The Balaban J connectivity index is 1.59. The Hall–Kier alpha value is -2.47. The molecule has 0 aliphatic carbocycles. The van der Waals surface area contributed by atoms with Gasteiger partial charge in [0.2, 0.25) is 11.7 Å². The highest BCUT2D eigenvalue weighted by Gasteiger charge is 2.29. The Bertz CT molecular complexity index is 772. The Labute approximate surface area is 159 Å². The molecule has 1 amide bonds. The van der Waals surface area contributed by atoms with Gasteiger partial charge in [-0.25, -0.2) is 0 Å². The summed E-state index contributed by atoms with van der Waals surface area (Å²) in [4.78, 5) is 25.9. The molecule has 0 bridgehead atoms. The molecule has 0 saturated carbocycles. The standard InChI is InChI=1S/C21H27N3O3/c1-15(25)20-12-19(23-27-20)10-18-13-22-9-8-17(18)11-21(26)24(2)14-16-6-4-3-5-7-16/h3-7,12,17-18,22H,8-11,13-14H2,1-2H3/t17-,18-/m0/s1. The maximum atomic E-state index is 12.7. The van der Waals surface area contributed by atoms with Gasteiger partial charge in [-0.05, 0) is 43.3 Å². The van der Waals surface area contributed by atoms with Crippen molar-refractivity contribution in [2.24, 2.45) is 11.8 Å². The number of amides is 1. The topological polar surface area (TPSA) is 75.4 Å². The Morgan fingerprint density at radius 1 is 1.26 bits per heavy atom. The molecular formula is C21H27N3O3. The number of nitrogens with zero attached hydrogens (tertiary/aromatic N) is 2. The SMILES string of the molecule is CC(=O)c1cc(C[C@H]2CNCC[C@H]2CC(=O)N(C)Cc2ccccc2)no1. The molecular weight excluding hydrogens is 342 g/mol. The zero-order valence-corrected chi connectivity index (χ0v) is 16.0. The molecule has 2 aromatic rings. The maximum absolute atomic E-state index is 12.7. The number of ketones is 1. The van der Waals surface area contributed by atoms with Gasteiger partial charge in [0, 0.05) is 33.0 Å². The Morgan fingerprint density at radius 2 is 2.04 bits per heavy atom. The first-order valence-corrected chi connectivity index (χ1v) is 9.48. The van der Waals surface area contributed by atoms with E-state index in [0.29, 0.717) is 37.0 Å². The monoisotopic (exact) mass is 369 g/mol. The van der Waals surface area contributed by atoms with E-state index in [2.05, 4.69) is 10.5 Å². The third kappa shape index (κ3) is 5.26. The van der Waals surface area contributed by atoms with Crippen molar-refractivity contribution < 1.29 is 14.1 Å². The first-order valence-electron chi connectivity index (χ1n) is 9.48. The van der Waals surface area contributed by atoms with Crippen LogP contribution >= 0.6 is 0 Å². The molecule has 2 atom stereocenters. The van der Waals surface area contributed by atoms with Crippen LogP contribution in [0.2, 0.25) is 0 Å². The number of benzene rings is 1. The molecule has 3 rings (SSSR count). The Morgan fingerprint density at radius 3 is 2.74 bits per heavy atom. The smallest absolute Gasteiger partial charge is 0.222 e. The van der Waals surface area contributed by atoms with Crippen molar-refractivity contribution in [2.75, 3.05) is 20.1 Å². The highest BCUT2D eigenvalue weighted by molar-refractivity contribution is 5.91. The largest absolute Gasteiger partial charge is 0.353 e. The highest BCUT2D eigenvalue weighted by atomic mass is 16.5. The van der Waals surface area contributed by atoms with Gasteiger partial charge < -0.3 is 14.7 Å². The van der Waals surface area contributed by atoms with Crippen molar-refractivity contribution in [2.45, 2.75) is 32.7 Å². The second-order valence-electron chi connectivity index (χ2n) is 7.40. The van der Waals surface area contributed by atoms with Crippen molar-refractivity contribution in [1.29, 1.82) is 0 Å². The predicted octanol–water partition coefficient (Wildman–Crippen LogP) is 2.69. The number of hydrogen-bond donors (Lipinski definition) is 1. The van der Waals surface area contributed by atoms with Crippen molar-refractivity contribution in [1.82, 2.24) is 15.4 Å². The van der Waals surface area contributed by atoms with E-state index in [-0.39, 0.29) is 11.7 Å². The van der Waals surface area contributed by atoms with E-state index >= 15 is 0 Å². The molecule has 1 fully saturated rings. The summed E-state index contributed by atoms with van der Waals surface area (Å²) in [6.45, 7) is 3.87. The summed E-state index contributed by atoms with van der Waals surface area (Å²) in [6.07, 6.45) is 2.21. The average Bonchev–Trinajstić information content (AvgIpc) is 3.13. The molecule has 0 unspecified atom stereocenters. The summed E-state index contributed by atoms with van der Waals surface area (Å²) in [7, 11) is 1.86. The normalized spacial score (nSPS) is 19.6. The summed E-state index contributed by atoms with van der Waals surface area (Å²) >= 11 is 0. The molecule has 27 heavy (non-hydrogen) atoms. The minimum absolute atomic E-state index is 0.121. The lowest BCUT2D eigenvalue weighted by molar-refractivity contribution is -0.132. The molecule has 2 heterocycles. The fraction of sp³-hybridized carbons (Fsp3) is 0.476. The minimum Gasteiger partial charge on any atom is -0.353 e. The van der Waals surface area contributed by atoms with Crippen molar-refractivity contribution >= 4 is 11.7 Å². The van der Waals surface area contributed by atoms with Gasteiger partial charge in [-0.3, -0.25) is 9.59 Å². The summed E-state index contributed by atoms with van der Waals surface area (Å²) < 4.78 is 5.09. The van der Waals surface area contributed by atoms with Crippen LogP contribution in [0, 0.1) is 11.8 Å². The molecule has 144 valence electrons. The summed E-state index contributed by atoms with van der Waals surface area (Å²) in [5.74, 6) is 0.946. The van der Waals surface area contributed by atoms with Crippen LogP contribution in [0.15, 0.2) is 40.9 Å². The third-order valence-electron chi connectivity index (χ3n) is 5.27. The molecule has 1 saturated heterocycles. The molecule has 0 radical (unpaired) electrons. The van der Waals surface area contributed by atoms with Gasteiger partial charge in [0.1, 0.15) is 0 Å². The Kier molecular flexibility index (Phi) is 6.40. The number of rotatable bonds is 7. The van der Waals surface area contributed by atoms with Crippen LogP contribution in [-0.2, 0) is 17.8 Å². The lowest BCUT2D eigenvalue weighted by Gasteiger charge is -2.32. The zero-order chi connectivity index (χ0) is 19.2. The van der Waals surface area contributed by atoms with E-state index < -0.39 is 0 Å². The van der Waals surface area contributed by atoms with Crippen LogP contribution in [0.5, 0.6) is 0 Å². The number of Topliss-reactive ketones (excluding diaryl/α,β-unsaturated/α-hetero) is 1. The van der Waals surface area contributed by atoms with Gasteiger partial charge in [0.05, 0.1) is 5.69 Å². The highest BCUT2D eigenvalue weighted by Crippen LogP contribution is 2.27. The molecule has 1 N–H and O–H groups in total. The minimum atomic E-state index is -0.121. The number of nitrogens with one attached hydrogen (secondary N) is 1. The first-order chi connectivity index (χ1) is 13.0. The van der Waals surface area contributed by atoms with Crippen LogP contribution in [0.25, 0.3) is 0 Å². The zero-order valence-electron chi connectivity index (χ0n) is 16.0. The second kappa shape index (κ2) is 8.95. The molecule has 1 aromatic heterocycles. The van der Waals surface area contributed by atoms with Crippen LogP contribution in [0.3, 0.4) is 0 Å². The second-order valence-corrected chi connectivity index (χ2v) is 7.40. The molecule has 1 aliphatic rings. The summed E-state index contributed by atoms with van der Waals surface area (Å²) in [6, 6.07) is 11.7. The van der Waals surface area contributed by atoms with Crippen LogP contribution in [-0.4, -0.2) is 41.9 Å². The number of piperidine rings is 1. The first kappa shape index (κ1) is 19.3. The van der Waals surface area contributed by atoms with Crippen LogP contribution in [0.1, 0.15) is 41.6 Å². The lowest BCUT2D eigenvalue weighted by Crippen LogP contribution is -2.40. The van der Waals surface area contributed by atoms with Crippen LogP contribution < -0.4 is 5.32 Å². The van der Waals surface area contributed by atoms with E-state index in [9.17, 15) is 9.59 Å². The van der Waals surface area contributed by atoms with Gasteiger partial charge in [-0.1, -0.05) is 35.5 Å². The fourth-order valence-electron chi connectivity index (χ4n) is 3.65. The molecule has 6 nitrogen and oxygen atoms in total. The quantitative estimate of drug-likeness (QED) is 0.760. The molecule has 1 aromatic carbocycles. The summed E-state index contributed by atoms with van der Waals surface area (Å²) in [5.41, 5.74) is 1.92.